The molecular weight excluding hydrogens is 355 g/mol. The number of hydrogen-bond acceptors (Lipinski definition) is 7. The van der Waals surface area contributed by atoms with E-state index in [4.69, 9.17) is 15.2 Å². The second-order valence-corrected chi connectivity index (χ2v) is 6.80. The van der Waals surface area contributed by atoms with Crippen molar-refractivity contribution in [3.05, 3.63) is 33.9 Å². The summed E-state index contributed by atoms with van der Waals surface area (Å²) in [5.74, 6) is -1.00. The standard InChI is InChI=1S/C18H21FN4O4/c1-3-26-18(25)12-8-23-14-11(16(12)24)6-13(19)15(17(14)27-9-21(23)2)22-5-4-10(20)7-22/h6,8,10H,3-5,7,9,20H2,1-2H3. The van der Waals surface area contributed by atoms with E-state index in [1.165, 1.54) is 12.3 Å². The molecule has 2 aromatic rings. The van der Waals surface area contributed by atoms with Crippen molar-refractivity contribution in [3.8, 4) is 5.75 Å². The average molecular weight is 376 g/mol. The molecule has 27 heavy (non-hydrogen) atoms. The predicted molar refractivity (Wildman–Crippen MR) is 98.6 cm³/mol. The van der Waals surface area contributed by atoms with Crippen LogP contribution in [-0.2, 0) is 4.74 Å². The van der Waals surface area contributed by atoms with Crippen molar-refractivity contribution in [2.24, 2.45) is 5.73 Å². The molecule has 0 saturated carbocycles. The number of aromatic nitrogens is 1. The Labute approximate surface area is 154 Å². The Bertz CT molecular complexity index is 990. The van der Waals surface area contributed by atoms with Crippen LogP contribution in [0.1, 0.15) is 23.7 Å². The summed E-state index contributed by atoms with van der Waals surface area (Å²) < 4.78 is 27.4. The highest BCUT2D eigenvalue weighted by Gasteiger charge is 2.32. The molecule has 2 N–H and O–H groups in total. The van der Waals surface area contributed by atoms with Gasteiger partial charge in [0.1, 0.15) is 16.8 Å². The van der Waals surface area contributed by atoms with Gasteiger partial charge in [-0.1, -0.05) is 0 Å². The molecule has 1 fully saturated rings. The number of ether oxygens (including phenoxy) is 2. The Morgan fingerprint density at radius 2 is 2.26 bits per heavy atom. The third kappa shape index (κ3) is 2.69. The summed E-state index contributed by atoms with van der Waals surface area (Å²) in [4.78, 5) is 26.9. The molecule has 144 valence electrons. The van der Waals surface area contributed by atoms with E-state index in [0.29, 0.717) is 30.0 Å². The Morgan fingerprint density at radius 3 is 2.93 bits per heavy atom. The first-order valence-corrected chi connectivity index (χ1v) is 8.86. The Morgan fingerprint density at radius 1 is 1.48 bits per heavy atom. The largest absolute Gasteiger partial charge is 0.467 e. The number of esters is 1. The van der Waals surface area contributed by atoms with Crippen LogP contribution in [0.5, 0.6) is 5.75 Å². The lowest BCUT2D eigenvalue weighted by Gasteiger charge is -2.33. The van der Waals surface area contributed by atoms with Gasteiger partial charge < -0.3 is 20.1 Å². The maximum atomic E-state index is 15.0. The fourth-order valence-electron chi connectivity index (χ4n) is 3.66. The molecule has 1 aromatic carbocycles. The Hall–Kier alpha value is -2.81. The van der Waals surface area contributed by atoms with Crippen LogP contribution in [-0.4, -0.2) is 50.2 Å². The fourth-order valence-corrected chi connectivity index (χ4v) is 3.66. The lowest BCUT2D eigenvalue weighted by Crippen LogP contribution is -2.40. The number of carbonyl (C=O) groups is 1. The average Bonchev–Trinajstić information content (AvgIpc) is 3.05. The number of rotatable bonds is 3. The van der Waals surface area contributed by atoms with Crippen molar-refractivity contribution in [1.82, 2.24) is 4.68 Å². The number of nitrogens with zero attached hydrogens (tertiary/aromatic N) is 3. The van der Waals surface area contributed by atoms with Crippen molar-refractivity contribution in [1.29, 1.82) is 0 Å². The van der Waals surface area contributed by atoms with Crippen molar-refractivity contribution in [3.63, 3.8) is 0 Å². The van der Waals surface area contributed by atoms with Gasteiger partial charge in [0.15, 0.2) is 18.3 Å². The number of nitrogens with two attached hydrogens (primary N) is 1. The van der Waals surface area contributed by atoms with E-state index in [1.807, 2.05) is 4.90 Å². The molecule has 0 bridgehead atoms. The second-order valence-electron chi connectivity index (χ2n) is 6.80. The van der Waals surface area contributed by atoms with Crippen LogP contribution in [0.4, 0.5) is 10.1 Å². The molecule has 0 aliphatic carbocycles. The van der Waals surface area contributed by atoms with Gasteiger partial charge in [-0.15, -0.1) is 0 Å². The summed E-state index contributed by atoms with van der Waals surface area (Å²) in [5.41, 5.74) is 5.98. The van der Waals surface area contributed by atoms with E-state index in [-0.39, 0.29) is 30.3 Å². The third-order valence-electron chi connectivity index (χ3n) is 4.95. The first-order valence-electron chi connectivity index (χ1n) is 8.86. The highest BCUT2D eigenvalue weighted by molar-refractivity contribution is 5.98. The molecular formula is C18H21FN4O4. The number of benzene rings is 1. The number of hydrogen-bond donors (Lipinski definition) is 1. The van der Waals surface area contributed by atoms with Gasteiger partial charge in [-0.3, -0.25) is 14.5 Å². The van der Waals surface area contributed by atoms with Crippen molar-refractivity contribution >= 4 is 22.6 Å². The minimum atomic E-state index is -0.732. The fraction of sp³-hybridized carbons (Fsp3) is 0.444. The molecule has 2 aliphatic heterocycles. The van der Waals surface area contributed by atoms with Crippen molar-refractivity contribution in [2.45, 2.75) is 19.4 Å². The van der Waals surface area contributed by atoms with Gasteiger partial charge in [0.05, 0.1) is 12.0 Å². The molecule has 0 amide bonds. The van der Waals surface area contributed by atoms with Crippen LogP contribution in [0.3, 0.4) is 0 Å². The monoisotopic (exact) mass is 376 g/mol. The summed E-state index contributed by atoms with van der Waals surface area (Å²) in [6.07, 6.45) is 2.18. The van der Waals surface area contributed by atoms with Crippen LogP contribution < -0.4 is 25.8 Å². The minimum absolute atomic E-state index is 0.0352. The van der Waals surface area contributed by atoms with Gasteiger partial charge >= 0.3 is 5.97 Å². The molecule has 9 heteroatoms. The first kappa shape index (κ1) is 17.6. The topological polar surface area (TPSA) is 90.0 Å². The van der Waals surface area contributed by atoms with Gasteiger partial charge in [-0.2, -0.15) is 0 Å². The highest BCUT2D eigenvalue weighted by Crippen LogP contribution is 2.41. The second kappa shape index (κ2) is 6.41. The number of anilines is 1. The molecule has 1 atom stereocenters. The molecule has 8 nitrogen and oxygen atoms in total. The SMILES string of the molecule is CCOC(=O)c1cn2c3c(c(N4CCC(N)C4)c(F)cc3c1=O)OCN2C. The van der Waals surface area contributed by atoms with Crippen molar-refractivity contribution < 1.29 is 18.7 Å². The van der Waals surface area contributed by atoms with Gasteiger partial charge in [0, 0.05) is 32.4 Å². The quantitative estimate of drug-likeness (QED) is 0.792. The maximum Gasteiger partial charge on any atom is 0.343 e. The number of halogens is 1. The van der Waals surface area contributed by atoms with E-state index in [0.717, 1.165) is 6.42 Å². The summed E-state index contributed by atoms with van der Waals surface area (Å²) >= 11 is 0. The smallest absolute Gasteiger partial charge is 0.343 e. The molecule has 3 heterocycles. The van der Waals surface area contributed by atoms with Gasteiger partial charge in [-0.05, 0) is 19.4 Å². The normalized spacial score (nSPS) is 18.7. The zero-order chi connectivity index (χ0) is 19.3. The molecule has 1 saturated heterocycles. The van der Waals surface area contributed by atoms with Crippen LogP contribution in [0, 0.1) is 5.82 Å². The molecule has 4 rings (SSSR count). The van der Waals surface area contributed by atoms with Gasteiger partial charge in [0.25, 0.3) is 0 Å². The third-order valence-corrected chi connectivity index (χ3v) is 4.95. The zero-order valence-corrected chi connectivity index (χ0v) is 15.2. The van der Waals surface area contributed by atoms with E-state index in [1.54, 1.807) is 23.7 Å². The van der Waals surface area contributed by atoms with E-state index in [2.05, 4.69) is 0 Å². The van der Waals surface area contributed by atoms with E-state index >= 15 is 4.39 Å². The van der Waals surface area contributed by atoms with Crippen LogP contribution in [0.15, 0.2) is 17.1 Å². The minimum Gasteiger partial charge on any atom is -0.467 e. The Balaban J connectivity index is 2.00. The van der Waals surface area contributed by atoms with E-state index < -0.39 is 17.2 Å². The summed E-state index contributed by atoms with van der Waals surface area (Å²) in [7, 11) is 1.75. The van der Waals surface area contributed by atoms with Gasteiger partial charge in [-0.25, -0.2) is 9.18 Å². The zero-order valence-electron chi connectivity index (χ0n) is 15.2. The van der Waals surface area contributed by atoms with Gasteiger partial charge in [0.2, 0.25) is 5.43 Å². The number of carbonyl (C=O) groups excluding carboxylic acids is 1. The summed E-state index contributed by atoms with van der Waals surface area (Å²) in [6, 6.07) is 1.13. The lowest BCUT2D eigenvalue weighted by atomic mass is 10.1. The summed E-state index contributed by atoms with van der Waals surface area (Å²) in [6.45, 7) is 3.07. The summed E-state index contributed by atoms with van der Waals surface area (Å²) in [5, 5.41) is 1.77. The molecule has 0 spiro atoms. The lowest BCUT2D eigenvalue weighted by molar-refractivity contribution is 0.0524. The molecule has 1 aromatic heterocycles. The highest BCUT2D eigenvalue weighted by atomic mass is 19.1. The van der Waals surface area contributed by atoms with Crippen molar-refractivity contribution in [2.75, 3.05) is 43.4 Å². The predicted octanol–water partition coefficient (Wildman–Crippen LogP) is 0.772. The van der Waals surface area contributed by atoms with Crippen LogP contribution in [0.2, 0.25) is 0 Å². The van der Waals surface area contributed by atoms with Crippen LogP contribution in [0.25, 0.3) is 10.9 Å². The number of pyridine rings is 1. The Kier molecular flexibility index (Phi) is 4.18. The first-order chi connectivity index (χ1) is 12.9. The maximum absolute atomic E-state index is 15.0. The molecule has 2 aliphatic rings. The van der Waals surface area contributed by atoms with Crippen LogP contribution >= 0.6 is 0 Å². The molecule has 0 radical (unpaired) electrons. The van der Waals surface area contributed by atoms with E-state index in [9.17, 15) is 9.59 Å². The molecule has 1 unspecified atom stereocenters.